The summed E-state index contributed by atoms with van der Waals surface area (Å²) >= 11 is 6.13. The van der Waals surface area contributed by atoms with E-state index in [9.17, 15) is 4.79 Å². The molecule has 0 spiro atoms. The zero-order chi connectivity index (χ0) is 17.2. The highest BCUT2D eigenvalue weighted by molar-refractivity contribution is 6.29. The van der Waals surface area contributed by atoms with Crippen molar-refractivity contribution in [2.24, 2.45) is 0 Å². The van der Waals surface area contributed by atoms with Gasteiger partial charge in [0, 0.05) is 38.0 Å². The van der Waals surface area contributed by atoms with Gasteiger partial charge in [-0.3, -0.25) is 4.79 Å². The van der Waals surface area contributed by atoms with Crippen molar-refractivity contribution < 1.29 is 4.79 Å². The number of amides is 1. The molecule has 2 aliphatic rings. The van der Waals surface area contributed by atoms with E-state index in [1.54, 1.807) is 6.07 Å². The predicted molar refractivity (Wildman–Crippen MR) is 97.4 cm³/mol. The Labute approximate surface area is 152 Å². The minimum absolute atomic E-state index is 0.249. The second kappa shape index (κ2) is 7.00. The van der Waals surface area contributed by atoms with Crippen molar-refractivity contribution >= 4 is 23.3 Å². The van der Waals surface area contributed by atoms with Gasteiger partial charge < -0.3 is 10.2 Å². The van der Waals surface area contributed by atoms with E-state index in [1.165, 1.54) is 11.1 Å². The Balaban J connectivity index is 1.47. The molecular formula is C19H21ClN4O. The van der Waals surface area contributed by atoms with Crippen LogP contribution in [0.4, 0.5) is 5.82 Å². The number of halogens is 1. The maximum atomic E-state index is 11.9. The van der Waals surface area contributed by atoms with Gasteiger partial charge in [-0.2, -0.15) is 0 Å². The number of hydrogen-bond acceptors (Lipinski definition) is 4. The van der Waals surface area contributed by atoms with E-state index in [4.69, 9.17) is 11.6 Å². The lowest BCUT2D eigenvalue weighted by Gasteiger charge is -2.18. The molecule has 1 aliphatic carbocycles. The van der Waals surface area contributed by atoms with E-state index in [0.29, 0.717) is 30.6 Å². The highest BCUT2D eigenvalue weighted by atomic mass is 35.5. The summed E-state index contributed by atoms with van der Waals surface area (Å²) in [4.78, 5) is 22.7. The summed E-state index contributed by atoms with van der Waals surface area (Å²) < 4.78 is 0. The van der Waals surface area contributed by atoms with Gasteiger partial charge in [0.25, 0.3) is 0 Å². The van der Waals surface area contributed by atoms with E-state index in [2.05, 4.69) is 27.4 Å². The number of benzene rings is 1. The molecule has 130 valence electrons. The summed E-state index contributed by atoms with van der Waals surface area (Å²) in [6, 6.07) is 9.99. The summed E-state index contributed by atoms with van der Waals surface area (Å²) in [6.45, 7) is 2.18. The summed E-state index contributed by atoms with van der Waals surface area (Å²) in [6.07, 6.45) is 3.92. The van der Waals surface area contributed by atoms with Crippen LogP contribution in [0.5, 0.6) is 0 Å². The first-order valence-corrected chi connectivity index (χ1v) is 9.20. The molecule has 1 saturated heterocycles. The van der Waals surface area contributed by atoms with Crippen LogP contribution in [0, 0.1) is 0 Å². The van der Waals surface area contributed by atoms with Crippen LogP contribution < -0.4 is 5.32 Å². The van der Waals surface area contributed by atoms with Crippen molar-refractivity contribution in [3.63, 3.8) is 0 Å². The topological polar surface area (TPSA) is 58.1 Å². The van der Waals surface area contributed by atoms with E-state index >= 15 is 0 Å². The smallest absolute Gasteiger partial charge is 0.222 e. The Kier molecular flexibility index (Phi) is 4.57. The maximum absolute atomic E-state index is 11.9. The van der Waals surface area contributed by atoms with Crippen molar-refractivity contribution in [2.75, 3.05) is 11.9 Å². The van der Waals surface area contributed by atoms with Gasteiger partial charge in [-0.15, -0.1) is 0 Å². The molecule has 1 saturated carbocycles. The number of anilines is 1. The molecule has 5 nitrogen and oxygen atoms in total. The minimum Gasteiger partial charge on any atom is -0.366 e. The molecule has 0 radical (unpaired) electrons. The zero-order valence-corrected chi connectivity index (χ0v) is 14.8. The number of rotatable bonds is 6. The molecule has 4 rings (SSSR count). The molecule has 1 aromatic heterocycles. The van der Waals surface area contributed by atoms with Crippen molar-refractivity contribution in [3.05, 3.63) is 52.4 Å². The Hall–Kier alpha value is -2.14. The third-order valence-corrected chi connectivity index (χ3v) is 4.96. The number of hydrogen-bond donors (Lipinski definition) is 1. The zero-order valence-electron chi connectivity index (χ0n) is 14.0. The molecule has 1 amide bonds. The molecular weight excluding hydrogens is 336 g/mol. The third-order valence-electron chi connectivity index (χ3n) is 4.77. The minimum atomic E-state index is 0.249. The van der Waals surface area contributed by atoms with Gasteiger partial charge in [-0.05, 0) is 30.4 Å². The number of nitrogens with one attached hydrogen (secondary N) is 1. The number of carbonyl (C=O) groups excluding carboxylic acids is 1. The number of nitrogens with zero attached hydrogens (tertiary/aromatic N) is 3. The molecule has 2 aromatic rings. The molecule has 6 heteroatoms. The van der Waals surface area contributed by atoms with Gasteiger partial charge in [0.05, 0.1) is 0 Å². The van der Waals surface area contributed by atoms with Crippen molar-refractivity contribution in [1.29, 1.82) is 0 Å². The fourth-order valence-corrected chi connectivity index (χ4v) is 3.39. The van der Waals surface area contributed by atoms with Gasteiger partial charge in [0.1, 0.15) is 16.8 Å². The van der Waals surface area contributed by atoms with Crippen LogP contribution in [-0.2, 0) is 17.9 Å². The van der Waals surface area contributed by atoms with Crippen LogP contribution in [-0.4, -0.2) is 27.3 Å². The largest absolute Gasteiger partial charge is 0.366 e. The van der Waals surface area contributed by atoms with Gasteiger partial charge >= 0.3 is 0 Å². The number of aromatic nitrogens is 2. The molecule has 0 atom stereocenters. The Morgan fingerprint density at radius 1 is 1.20 bits per heavy atom. The van der Waals surface area contributed by atoms with Crippen molar-refractivity contribution in [2.45, 2.75) is 44.7 Å². The predicted octanol–water partition coefficient (Wildman–Crippen LogP) is 3.74. The van der Waals surface area contributed by atoms with Crippen molar-refractivity contribution in [1.82, 2.24) is 14.9 Å². The van der Waals surface area contributed by atoms with Gasteiger partial charge in [0.2, 0.25) is 5.91 Å². The van der Waals surface area contributed by atoms with Crippen LogP contribution in [0.2, 0.25) is 5.15 Å². The Morgan fingerprint density at radius 3 is 2.72 bits per heavy atom. The molecule has 2 heterocycles. The Bertz CT molecular complexity index is 791. The number of likely N-dealkylation sites (tertiary alicyclic amines) is 1. The average Bonchev–Trinajstić information content (AvgIpc) is 3.38. The summed E-state index contributed by atoms with van der Waals surface area (Å²) in [7, 11) is 0. The highest BCUT2D eigenvalue weighted by Gasteiger charge is 2.27. The lowest BCUT2D eigenvalue weighted by molar-refractivity contribution is -0.128. The van der Waals surface area contributed by atoms with Gasteiger partial charge in [-0.25, -0.2) is 9.97 Å². The molecule has 1 aromatic carbocycles. The molecule has 2 fully saturated rings. The summed E-state index contributed by atoms with van der Waals surface area (Å²) in [5.74, 6) is 2.31. The van der Waals surface area contributed by atoms with E-state index in [-0.39, 0.29) is 5.91 Å². The van der Waals surface area contributed by atoms with Crippen LogP contribution in [0.25, 0.3) is 0 Å². The summed E-state index contributed by atoms with van der Waals surface area (Å²) in [5.41, 5.74) is 2.35. The van der Waals surface area contributed by atoms with Crippen LogP contribution in [0.1, 0.15) is 48.6 Å². The average molecular weight is 357 g/mol. The maximum Gasteiger partial charge on any atom is 0.222 e. The molecule has 0 bridgehead atoms. The third kappa shape index (κ3) is 3.93. The van der Waals surface area contributed by atoms with Gasteiger partial charge in [-0.1, -0.05) is 35.9 Å². The molecule has 25 heavy (non-hydrogen) atoms. The lowest BCUT2D eigenvalue weighted by atomic mass is 10.1. The van der Waals surface area contributed by atoms with E-state index < -0.39 is 0 Å². The number of carbonyl (C=O) groups is 1. The first-order chi connectivity index (χ1) is 12.2. The SMILES string of the molecule is O=C1CCCN1Cc1ccccc1CNc1cc(Cl)nc(C2CC2)n1. The molecule has 0 unspecified atom stereocenters. The fraction of sp³-hybridized carbons (Fsp3) is 0.421. The normalized spacial score (nSPS) is 17.2. The lowest BCUT2D eigenvalue weighted by Crippen LogP contribution is -2.24. The fourth-order valence-electron chi connectivity index (χ4n) is 3.20. The monoisotopic (exact) mass is 356 g/mol. The van der Waals surface area contributed by atoms with E-state index in [1.807, 2.05) is 17.0 Å². The standard InChI is InChI=1S/C19H21ClN4O/c20-16-10-17(23-19(22-16)13-7-8-13)21-11-14-4-1-2-5-15(14)12-24-9-3-6-18(24)25/h1-2,4-5,10,13H,3,6-9,11-12H2,(H,21,22,23). The second-order valence-electron chi connectivity index (χ2n) is 6.75. The summed E-state index contributed by atoms with van der Waals surface area (Å²) in [5, 5.41) is 3.84. The van der Waals surface area contributed by atoms with E-state index in [0.717, 1.165) is 37.4 Å². The van der Waals surface area contributed by atoms with Gasteiger partial charge in [0.15, 0.2) is 0 Å². The quantitative estimate of drug-likeness (QED) is 0.801. The van der Waals surface area contributed by atoms with Crippen LogP contribution >= 0.6 is 11.6 Å². The highest BCUT2D eigenvalue weighted by Crippen LogP contribution is 2.38. The first-order valence-electron chi connectivity index (χ1n) is 8.82. The first kappa shape index (κ1) is 16.3. The molecule has 1 aliphatic heterocycles. The van der Waals surface area contributed by atoms with Crippen LogP contribution in [0.3, 0.4) is 0 Å². The van der Waals surface area contributed by atoms with Crippen molar-refractivity contribution in [3.8, 4) is 0 Å². The Morgan fingerprint density at radius 2 is 2.00 bits per heavy atom. The molecule has 1 N–H and O–H groups in total. The van der Waals surface area contributed by atoms with Crippen LogP contribution in [0.15, 0.2) is 30.3 Å². The second-order valence-corrected chi connectivity index (χ2v) is 7.14.